The van der Waals surface area contributed by atoms with Crippen molar-refractivity contribution >= 4 is 11.6 Å². The van der Waals surface area contributed by atoms with Gasteiger partial charge < -0.3 is 4.74 Å². The molecule has 0 amide bonds. The van der Waals surface area contributed by atoms with E-state index in [2.05, 4.69) is 0 Å². The zero-order chi connectivity index (χ0) is 13.8. The summed E-state index contributed by atoms with van der Waals surface area (Å²) >= 11 is 5.58. The predicted molar refractivity (Wildman–Crippen MR) is 67.1 cm³/mol. The zero-order valence-corrected chi connectivity index (χ0v) is 10.4. The highest BCUT2D eigenvalue weighted by Crippen LogP contribution is 2.29. The number of ether oxygens (including phenoxy) is 1. The van der Waals surface area contributed by atoms with Crippen molar-refractivity contribution in [2.75, 3.05) is 0 Å². The van der Waals surface area contributed by atoms with Crippen molar-refractivity contribution in [3.63, 3.8) is 0 Å². The van der Waals surface area contributed by atoms with Gasteiger partial charge in [-0.05, 0) is 29.8 Å². The van der Waals surface area contributed by atoms with Gasteiger partial charge >= 0.3 is 0 Å². The largest absolute Gasteiger partial charge is 0.453 e. The van der Waals surface area contributed by atoms with E-state index >= 15 is 0 Å². The van der Waals surface area contributed by atoms with Crippen LogP contribution < -0.4 is 4.74 Å². The molecule has 19 heavy (non-hydrogen) atoms. The van der Waals surface area contributed by atoms with Crippen LogP contribution in [0.1, 0.15) is 11.1 Å². The van der Waals surface area contributed by atoms with Gasteiger partial charge in [0.15, 0.2) is 11.6 Å². The molecule has 0 bridgehead atoms. The molecule has 5 heteroatoms. The van der Waals surface area contributed by atoms with Crippen molar-refractivity contribution in [2.24, 2.45) is 0 Å². The second-order valence-corrected chi connectivity index (χ2v) is 3.99. The Morgan fingerprint density at radius 3 is 2.53 bits per heavy atom. The third-order valence-corrected chi connectivity index (χ3v) is 2.77. The van der Waals surface area contributed by atoms with E-state index < -0.39 is 11.6 Å². The lowest BCUT2D eigenvalue weighted by molar-refractivity contribution is 0.437. The van der Waals surface area contributed by atoms with Crippen molar-refractivity contribution in [2.45, 2.75) is 5.88 Å². The van der Waals surface area contributed by atoms with Crippen LogP contribution in [0.15, 0.2) is 36.4 Å². The summed E-state index contributed by atoms with van der Waals surface area (Å²) in [6.07, 6.45) is 0. The highest BCUT2D eigenvalue weighted by Gasteiger charge is 2.12. The van der Waals surface area contributed by atoms with E-state index in [1.165, 1.54) is 24.3 Å². The van der Waals surface area contributed by atoms with E-state index in [-0.39, 0.29) is 22.9 Å². The summed E-state index contributed by atoms with van der Waals surface area (Å²) in [7, 11) is 0. The molecule has 0 atom stereocenters. The van der Waals surface area contributed by atoms with Crippen LogP contribution in [-0.2, 0) is 5.88 Å². The maximum Gasteiger partial charge on any atom is 0.166 e. The lowest BCUT2D eigenvalue weighted by Crippen LogP contribution is -1.94. The quantitative estimate of drug-likeness (QED) is 0.782. The fourth-order valence-electron chi connectivity index (χ4n) is 1.53. The smallest absolute Gasteiger partial charge is 0.166 e. The molecule has 0 saturated carbocycles. The average molecular weight is 280 g/mol. The number of rotatable bonds is 3. The second kappa shape index (κ2) is 5.68. The van der Waals surface area contributed by atoms with Gasteiger partial charge in [0.2, 0.25) is 0 Å². The lowest BCUT2D eigenvalue weighted by atomic mass is 10.2. The van der Waals surface area contributed by atoms with Crippen LogP contribution in [0.3, 0.4) is 0 Å². The van der Waals surface area contributed by atoms with E-state index in [1.807, 2.05) is 0 Å². The molecule has 0 aliphatic heterocycles. The van der Waals surface area contributed by atoms with Gasteiger partial charge in [-0.3, -0.25) is 0 Å². The third-order valence-electron chi connectivity index (χ3n) is 2.46. The van der Waals surface area contributed by atoms with E-state index in [1.54, 1.807) is 12.1 Å². The Kier molecular flexibility index (Phi) is 3.98. The van der Waals surface area contributed by atoms with Gasteiger partial charge in [-0.1, -0.05) is 12.1 Å². The summed E-state index contributed by atoms with van der Waals surface area (Å²) in [5.41, 5.74) is 0.342. The lowest BCUT2D eigenvalue weighted by Gasteiger charge is -2.09. The molecule has 0 aromatic heterocycles. The Labute approximate surface area is 113 Å². The minimum Gasteiger partial charge on any atom is -0.453 e. The van der Waals surface area contributed by atoms with Gasteiger partial charge in [0, 0.05) is 5.88 Å². The van der Waals surface area contributed by atoms with Crippen LogP contribution >= 0.6 is 11.6 Å². The van der Waals surface area contributed by atoms with Gasteiger partial charge in [-0.15, -0.1) is 11.6 Å². The highest BCUT2D eigenvalue weighted by molar-refractivity contribution is 6.17. The van der Waals surface area contributed by atoms with Crippen LogP contribution in [0, 0.1) is 23.0 Å². The Hall–Kier alpha value is -2.12. The van der Waals surface area contributed by atoms with E-state index in [0.717, 1.165) is 6.07 Å². The first-order valence-corrected chi connectivity index (χ1v) is 5.90. The molecule has 0 unspecified atom stereocenters. The summed E-state index contributed by atoms with van der Waals surface area (Å²) in [4.78, 5) is 0. The summed E-state index contributed by atoms with van der Waals surface area (Å²) in [6.45, 7) is 0. The Bertz CT molecular complexity index is 652. The first kappa shape index (κ1) is 13.3. The standard InChI is InChI=1S/C14H8ClF2NO/c15-7-9-4-5-14(12(17)6-9)19-13-3-1-2-11(16)10(13)8-18/h1-6H,7H2. The number of hydrogen-bond acceptors (Lipinski definition) is 2. The van der Waals surface area contributed by atoms with Gasteiger partial charge in [0.25, 0.3) is 0 Å². The van der Waals surface area contributed by atoms with Crippen LogP contribution in [-0.4, -0.2) is 0 Å². The molecule has 0 fully saturated rings. The minimum atomic E-state index is -0.710. The normalized spacial score (nSPS) is 10.0. The molecule has 2 nitrogen and oxygen atoms in total. The van der Waals surface area contributed by atoms with Crippen LogP contribution in [0.25, 0.3) is 0 Å². The number of hydrogen-bond donors (Lipinski definition) is 0. The summed E-state index contributed by atoms with van der Waals surface area (Å²) in [6, 6.07) is 9.82. The van der Waals surface area contributed by atoms with Crippen molar-refractivity contribution in [3.8, 4) is 17.6 Å². The van der Waals surface area contributed by atoms with Crippen molar-refractivity contribution in [1.82, 2.24) is 0 Å². The first-order chi connectivity index (χ1) is 9.15. The molecule has 2 rings (SSSR count). The number of benzene rings is 2. The van der Waals surface area contributed by atoms with Crippen molar-refractivity contribution in [3.05, 3.63) is 59.2 Å². The Balaban J connectivity index is 2.37. The molecule has 2 aromatic carbocycles. The van der Waals surface area contributed by atoms with Gasteiger partial charge in [0.1, 0.15) is 23.2 Å². The van der Waals surface area contributed by atoms with Gasteiger partial charge in [0.05, 0.1) is 0 Å². The molecule has 96 valence electrons. The average Bonchev–Trinajstić information content (AvgIpc) is 2.41. The summed E-state index contributed by atoms with van der Waals surface area (Å²) in [5, 5.41) is 8.85. The van der Waals surface area contributed by atoms with E-state index in [0.29, 0.717) is 5.56 Å². The molecule has 0 N–H and O–H groups in total. The highest BCUT2D eigenvalue weighted by atomic mass is 35.5. The molecular formula is C14H8ClF2NO. The Morgan fingerprint density at radius 2 is 1.89 bits per heavy atom. The third kappa shape index (κ3) is 2.83. The minimum absolute atomic E-state index is 0.0278. The number of nitrogens with zero attached hydrogens (tertiary/aromatic N) is 1. The molecule has 0 spiro atoms. The molecular weight excluding hydrogens is 272 g/mol. The second-order valence-electron chi connectivity index (χ2n) is 3.73. The van der Waals surface area contributed by atoms with Crippen LogP contribution in [0.4, 0.5) is 8.78 Å². The van der Waals surface area contributed by atoms with Crippen LogP contribution in [0.5, 0.6) is 11.5 Å². The number of alkyl halides is 1. The van der Waals surface area contributed by atoms with E-state index in [9.17, 15) is 8.78 Å². The molecule has 0 radical (unpaired) electrons. The predicted octanol–water partition coefficient (Wildman–Crippen LogP) is 4.37. The molecule has 0 heterocycles. The summed E-state index contributed by atoms with van der Waals surface area (Å²) in [5.74, 6) is -1.26. The van der Waals surface area contributed by atoms with E-state index in [4.69, 9.17) is 21.6 Å². The fraction of sp³-hybridized carbons (Fsp3) is 0.0714. The Morgan fingerprint density at radius 1 is 1.11 bits per heavy atom. The monoisotopic (exact) mass is 279 g/mol. The van der Waals surface area contributed by atoms with Gasteiger partial charge in [-0.25, -0.2) is 8.78 Å². The summed E-state index contributed by atoms with van der Waals surface area (Å²) < 4.78 is 32.3. The topological polar surface area (TPSA) is 33.0 Å². The van der Waals surface area contributed by atoms with Crippen molar-refractivity contribution < 1.29 is 13.5 Å². The molecule has 0 saturated heterocycles. The van der Waals surface area contributed by atoms with Crippen LogP contribution in [0.2, 0.25) is 0 Å². The fourth-order valence-corrected chi connectivity index (χ4v) is 1.69. The SMILES string of the molecule is N#Cc1c(F)cccc1Oc1ccc(CCl)cc1F. The maximum atomic E-state index is 13.7. The number of nitriles is 1. The first-order valence-electron chi connectivity index (χ1n) is 5.36. The molecule has 0 aliphatic rings. The number of halogens is 3. The van der Waals surface area contributed by atoms with Crippen molar-refractivity contribution in [1.29, 1.82) is 5.26 Å². The molecule has 2 aromatic rings. The molecule has 0 aliphatic carbocycles. The van der Waals surface area contributed by atoms with Gasteiger partial charge in [-0.2, -0.15) is 5.26 Å². The zero-order valence-electron chi connectivity index (χ0n) is 9.66. The maximum absolute atomic E-state index is 13.7.